The van der Waals surface area contributed by atoms with Crippen LogP contribution in [0.1, 0.15) is 6.92 Å². The molecule has 1 amide bonds. The normalized spacial score (nSPS) is 10.5. The zero-order valence-corrected chi connectivity index (χ0v) is 13.3. The minimum atomic E-state index is -0.154. The van der Waals surface area contributed by atoms with E-state index in [0.717, 1.165) is 10.9 Å². The second-order valence-corrected chi connectivity index (χ2v) is 5.40. The summed E-state index contributed by atoms with van der Waals surface area (Å²) in [5.41, 5.74) is 1.36. The highest BCUT2D eigenvalue weighted by atomic mass is 16.5. The Bertz CT molecular complexity index is 917. The van der Waals surface area contributed by atoms with Gasteiger partial charge in [-0.3, -0.25) is 9.59 Å². The predicted molar refractivity (Wildman–Crippen MR) is 94.2 cm³/mol. The van der Waals surface area contributed by atoms with Crippen LogP contribution in [0.2, 0.25) is 0 Å². The number of carbonyl (C=O) groups excluding carboxylic acids is 1. The van der Waals surface area contributed by atoms with Gasteiger partial charge in [-0.2, -0.15) is 0 Å². The third kappa shape index (κ3) is 3.30. The molecule has 2 aromatic carbocycles. The molecule has 0 saturated carbocycles. The first-order valence-corrected chi connectivity index (χ1v) is 7.74. The molecule has 0 fully saturated rings. The fourth-order valence-corrected chi connectivity index (χ4v) is 2.59. The van der Waals surface area contributed by atoms with Gasteiger partial charge in [0, 0.05) is 17.9 Å². The molecule has 0 aliphatic carbocycles. The molecule has 0 bridgehead atoms. The van der Waals surface area contributed by atoms with Crippen LogP contribution in [0, 0.1) is 0 Å². The topological polar surface area (TPSA) is 71.2 Å². The molecule has 0 spiro atoms. The largest absolute Gasteiger partial charge is 0.489 e. The van der Waals surface area contributed by atoms with E-state index in [1.165, 1.54) is 6.92 Å². The van der Waals surface area contributed by atoms with Gasteiger partial charge < -0.3 is 15.0 Å². The van der Waals surface area contributed by atoms with E-state index >= 15 is 0 Å². The molecular formula is C19H18N2O3. The Morgan fingerprint density at radius 1 is 1.04 bits per heavy atom. The number of carbonyl (C=O) groups is 1. The molecule has 1 heterocycles. The van der Waals surface area contributed by atoms with Crippen LogP contribution in [-0.2, 0) is 4.79 Å². The SMILES string of the molecule is CC(=O)NCCOc1c(-c2ccccc2)[nH]c(=O)c2ccccc12. The fraction of sp³-hybridized carbons (Fsp3) is 0.158. The molecule has 0 saturated heterocycles. The quantitative estimate of drug-likeness (QED) is 0.710. The molecule has 3 aromatic rings. The Morgan fingerprint density at radius 2 is 1.71 bits per heavy atom. The summed E-state index contributed by atoms with van der Waals surface area (Å²) in [4.78, 5) is 26.3. The lowest BCUT2D eigenvalue weighted by Gasteiger charge is -2.14. The van der Waals surface area contributed by atoms with Gasteiger partial charge in [0.25, 0.3) is 5.56 Å². The minimum Gasteiger partial charge on any atom is -0.489 e. The number of hydrogen-bond acceptors (Lipinski definition) is 3. The van der Waals surface area contributed by atoms with Gasteiger partial charge in [-0.15, -0.1) is 0 Å². The number of amides is 1. The average Bonchev–Trinajstić information content (AvgIpc) is 2.60. The summed E-state index contributed by atoms with van der Waals surface area (Å²) >= 11 is 0. The van der Waals surface area contributed by atoms with E-state index in [0.29, 0.717) is 30.0 Å². The van der Waals surface area contributed by atoms with E-state index in [9.17, 15) is 9.59 Å². The van der Waals surface area contributed by atoms with Crippen LogP contribution < -0.4 is 15.6 Å². The number of pyridine rings is 1. The highest BCUT2D eigenvalue weighted by molar-refractivity contribution is 5.92. The second-order valence-electron chi connectivity index (χ2n) is 5.40. The lowest BCUT2D eigenvalue weighted by molar-refractivity contribution is -0.119. The number of ether oxygens (including phenoxy) is 1. The van der Waals surface area contributed by atoms with Crippen LogP contribution in [0.3, 0.4) is 0 Å². The smallest absolute Gasteiger partial charge is 0.256 e. The van der Waals surface area contributed by atoms with E-state index < -0.39 is 0 Å². The molecule has 122 valence electrons. The molecule has 5 nitrogen and oxygen atoms in total. The van der Waals surface area contributed by atoms with Gasteiger partial charge in [0.2, 0.25) is 5.91 Å². The molecule has 0 unspecified atom stereocenters. The van der Waals surface area contributed by atoms with Crippen molar-refractivity contribution < 1.29 is 9.53 Å². The third-order valence-electron chi connectivity index (χ3n) is 3.67. The zero-order valence-electron chi connectivity index (χ0n) is 13.3. The molecule has 2 N–H and O–H groups in total. The number of nitrogens with one attached hydrogen (secondary N) is 2. The Balaban J connectivity index is 2.07. The first-order chi connectivity index (χ1) is 11.7. The Labute approximate surface area is 139 Å². The van der Waals surface area contributed by atoms with Crippen LogP contribution >= 0.6 is 0 Å². The first kappa shape index (κ1) is 15.8. The van der Waals surface area contributed by atoms with Crippen molar-refractivity contribution in [1.82, 2.24) is 10.3 Å². The van der Waals surface area contributed by atoms with Crippen molar-refractivity contribution in [3.8, 4) is 17.0 Å². The Hall–Kier alpha value is -3.08. The van der Waals surface area contributed by atoms with Crippen LogP contribution in [0.25, 0.3) is 22.0 Å². The second kappa shape index (κ2) is 7.00. The van der Waals surface area contributed by atoms with Gasteiger partial charge in [-0.1, -0.05) is 48.5 Å². The van der Waals surface area contributed by atoms with E-state index in [1.54, 1.807) is 6.07 Å². The predicted octanol–water partition coefficient (Wildman–Crippen LogP) is 2.71. The molecular weight excluding hydrogens is 304 g/mol. The maximum absolute atomic E-state index is 12.4. The number of rotatable bonds is 5. The van der Waals surface area contributed by atoms with E-state index in [1.807, 2.05) is 48.5 Å². The molecule has 5 heteroatoms. The summed E-state index contributed by atoms with van der Waals surface area (Å²) in [5, 5.41) is 4.03. The van der Waals surface area contributed by atoms with Crippen LogP contribution in [0.5, 0.6) is 5.75 Å². The maximum atomic E-state index is 12.4. The zero-order chi connectivity index (χ0) is 16.9. The van der Waals surface area contributed by atoms with E-state index in [4.69, 9.17) is 4.74 Å². The van der Waals surface area contributed by atoms with Gasteiger partial charge in [0.15, 0.2) is 5.75 Å². The lowest BCUT2D eigenvalue weighted by atomic mass is 10.1. The van der Waals surface area contributed by atoms with Crippen molar-refractivity contribution in [2.75, 3.05) is 13.2 Å². The molecule has 1 aromatic heterocycles. The number of aromatic amines is 1. The fourth-order valence-electron chi connectivity index (χ4n) is 2.59. The highest BCUT2D eigenvalue weighted by Crippen LogP contribution is 2.33. The summed E-state index contributed by atoms with van der Waals surface area (Å²) in [5.74, 6) is 0.509. The van der Waals surface area contributed by atoms with Crippen molar-refractivity contribution in [1.29, 1.82) is 0 Å². The molecule has 24 heavy (non-hydrogen) atoms. The summed E-state index contributed by atoms with van der Waals surface area (Å²) in [7, 11) is 0. The molecule has 0 aliphatic rings. The third-order valence-corrected chi connectivity index (χ3v) is 3.67. The van der Waals surface area contributed by atoms with Crippen molar-refractivity contribution in [2.24, 2.45) is 0 Å². The Morgan fingerprint density at radius 3 is 2.42 bits per heavy atom. The average molecular weight is 322 g/mol. The number of fused-ring (bicyclic) bond motifs is 1. The maximum Gasteiger partial charge on any atom is 0.256 e. The Kier molecular flexibility index (Phi) is 4.61. The molecule has 3 rings (SSSR count). The van der Waals surface area contributed by atoms with E-state index in [2.05, 4.69) is 10.3 Å². The van der Waals surface area contributed by atoms with E-state index in [-0.39, 0.29) is 11.5 Å². The van der Waals surface area contributed by atoms with Crippen LogP contribution in [0.4, 0.5) is 0 Å². The number of benzene rings is 2. The van der Waals surface area contributed by atoms with Gasteiger partial charge >= 0.3 is 0 Å². The van der Waals surface area contributed by atoms with Crippen molar-refractivity contribution in [3.05, 3.63) is 65.0 Å². The number of H-pyrrole nitrogens is 1. The van der Waals surface area contributed by atoms with Crippen LogP contribution in [0.15, 0.2) is 59.4 Å². The minimum absolute atomic E-state index is 0.104. The molecule has 0 radical (unpaired) electrons. The monoisotopic (exact) mass is 322 g/mol. The standard InChI is InChI=1S/C19H18N2O3/c1-13(22)20-11-12-24-18-15-9-5-6-10-16(15)19(23)21-17(18)14-7-3-2-4-8-14/h2-10H,11-12H2,1H3,(H,20,22)(H,21,23). The molecule has 0 atom stereocenters. The summed E-state index contributed by atoms with van der Waals surface area (Å²) < 4.78 is 5.93. The summed E-state index contributed by atoms with van der Waals surface area (Å²) in [6.07, 6.45) is 0. The number of hydrogen-bond donors (Lipinski definition) is 2. The summed E-state index contributed by atoms with van der Waals surface area (Å²) in [6.45, 7) is 2.18. The van der Waals surface area contributed by atoms with Crippen molar-refractivity contribution in [2.45, 2.75) is 6.92 Å². The van der Waals surface area contributed by atoms with Crippen molar-refractivity contribution in [3.63, 3.8) is 0 Å². The van der Waals surface area contributed by atoms with Crippen LogP contribution in [-0.4, -0.2) is 24.0 Å². The highest BCUT2D eigenvalue weighted by Gasteiger charge is 2.14. The summed E-state index contributed by atoms with van der Waals surface area (Å²) in [6, 6.07) is 16.9. The number of aromatic nitrogens is 1. The van der Waals surface area contributed by atoms with Gasteiger partial charge in [-0.25, -0.2) is 0 Å². The lowest BCUT2D eigenvalue weighted by Crippen LogP contribution is -2.25. The van der Waals surface area contributed by atoms with Gasteiger partial charge in [-0.05, 0) is 6.07 Å². The first-order valence-electron chi connectivity index (χ1n) is 7.74. The van der Waals surface area contributed by atoms with Gasteiger partial charge in [0.05, 0.1) is 17.6 Å². The van der Waals surface area contributed by atoms with Crippen molar-refractivity contribution >= 4 is 16.7 Å². The molecule has 0 aliphatic heterocycles. The van der Waals surface area contributed by atoms with Gasteiger partial charge in [0.1, 0.15) is 6.61 Å².